The topological polar surface area (TPSA) is 70.6 Å². The number of hydrogen-bond acceptors (Lipinski definition) is 5. The summed E-state index contributed by atoms with van der Waals surface area (Å²) in [6.07, 6.45) is 0. The van der Waals surface area contributed by atoms with Gasteiger partial charge in [0.1, 0.15) is 11.6 Å². The second-order valence-corrected chi connectivity index (χ2v) is 3.58. The first kappa shape index (κ1) is 13.0. The molecule has 1 heterocycles. The molecule has 0 aliphatic carbocycles. The predicted molar refractivity (Wildman–Crippen MR) is 65.8 cm³/mol. The third-order valence-corrected chi connectivity index (χ3v) is 2.18. The maximum atomic E-state index is 11.5. The Morgan fingerprint density at radius 3 is 2.35 bits per heavy atom. The molecule has 0 fully saturated rings. The molecule has 0 atom stereocenters. The third kappa shape index (κ3) is 2.96. The number of methoxy groups -OCH3 is 1. The van der Waals surface area contributed by atoms with Gasteiger partial charge in [0.15, 0.2) is 0 Å². The second-order valence-electron chi connectivity index (χ2n) is 3.58. The Morgan fingerprint density at radius 2 is 1.88 bits per heavy atom. The Kier molecular flexibility index (Phi) is 4.08. The molecule has 1 aromatic rings. The van der Waals surface area contributed by atoms with Crippen LogP contribution in [0, 0.1) is 0 Å². The van der Waals surface area contributed by atoms with Crippen molar-refractivity contribution in [2.24, 2.45) is 0 Å². The van der Waals surface area contributed by atoms with Crippen LogP contribution < -0.4 is 19.9 Å². The largest absolute Gasteiger partial charge is 0.467 e. The van der Waals surface area contributed by atoms with Crippen molar-refractivity contribution in [3.63, 3.8) is 0 Å². The summed E-state index contributed by atoms with van der Waals surface area (Å²) in [7, 11) is 8.37. The van der Waals surface area contributed by atoms with Gasteiger partial charge in [0.25, 0.3) is 0 Å². The first-order valence-electron chi connectivity index (χ1n) is 5.05. The van der Waals surface area contributed by atoms with E-state index in [1.54, 1.807) is 20.2 Å². The highest BCUT2D eigenvalue weighted by atomic mass is 16.5. The smallest absolute Gasteiger partial charge is 0.322 e. The Bertz CT molecular complexity index is 408. The monoisotopic (exact) mass is 239 g/mol. The molecule has 7 heteroatoms. The van der Waals surface area contributed by atoms with E-state index in [2.05, 4.69) is 15.3 Å². The molecule has 0 saturated carbocycles. The third-order valence-electron chi connectivity index (χ3n) is 2.18. The van der Waals surface area contributed by atoms with Crippen LogP contribution in [0.15, 0.2) is 6.07 Å². The summed E-state index contributed by atoms with van der Waals surface area (Å²) in [4.78, 5) is 23.0. The number of carbonyl (C=O) groups excluding carboxylic acids is 1. The zero-order valence-corrected chi connectivity index (χ0v) is 10.7. The van der Waals surface area contributed by atoms with Gasteiger partial charge in [0, 0.05) is 34.3 Å². The fourth-order valence-electron chi connectivity index (χ4n) is 1.16. The van der Waals surface area contributed by atoms with Gasteiger partial charge < -0.3 is 15.0 Å². The fourth-order valence-corrected chi connectivity index (χ4v) is 1.16. The molecule has 0 bridgehead atoms. The summed E-state index contributed by atoms with van der Waals surface area (Å²) in [6.45, 7) is 0. The van der Waals surface area contributed by atoms with E-state index >= 15 is 0 Å². The number of rotatable bonds is 3. The highest BCUT2D eigenvalue weighted by Gasteiger charge is 2.14. The van der Waals surface area contributed by atoms with Crippen LogP contribution in [-0.2, 0) is 0 Å². The number of amides is 2. The van der Waals surface area contributed by atoms with Gasteiger partial charge in [-0.25, -0.2) is 4.79 Å². The zero-order valence-electron chi connectivity index (χ0n) is 10.7. The van der Waals surface area contributed by atoms with Crippen LogP contribution in [-0.4, -0.2) is 51.3 Å². The number of aromatic nitrogens is 2. The van der Waals surface area contributed by atoms with Gasteiger partial charge in [-0.1, -0.05) is 0 Å². The molecule has 17 heavy (non-hydrogen) atoms. The maximum absolute atomic E-state index is 11.5. The minimum absolute atomic E-state index is 0.224. The lowest BCUT2D eigenvalue weighted by Gasteiger charge is -2.18. The van der Waals surface area contributed by atoms with E-state index in [9.17, 15) is 4.79 Å². The number of nitrogens with zero attached hydrogens (tertiary/aromatic N) is 4. The molecule has 0 radical (unpaired) electrons. The minimum atomic E-state index is -0.254. The van der Waals surface area contributed by atoms with Crippen LogP contribution in [0.5, 0.6) is 6.01 Å². The number of nitrogens with one attached hydrogen (secondary N) is 1. The summed E-state index contributed by atoms with van der Waals surface area (Å²) in [6, 6.07) is 1.68. The zero-order chi connectivity index (χ0) is 13.0. The van der Waals surface area contributed by atoms with Crippen molar-refractivity contribution >= 4 is 17.7 Å². The van der Waals surface area contributed by atoms with Crippen LogP contribution in [0.25, 0.3) is 0 Å². The Labute approximate surface area is 100 Å². The van der Waals surface area contributed by atoms with Gasteiger partial charge in [0.2, 0.25) is 0 Å². The molecule has 1 N–H and O–H groups in total. The summed E-state index contributed by atoms with van der Waals surface area (Å²) in [5.41, 5.74) is 0. The molecular weight excluding hydrogens is 222 g/mol. The molecule has 0 aromatic carbocycles. The van der Waals surface area contributed by atoms with Crippen molar-refractivity contribution in [2.45, 2.75) is 0 Å². The molecule has 94 valence electrons. The van der Waals surface area contributed by atoms with E-state index in [0.717, 1.165) is 0 Å². The van der Waals surface area contributed by atoms with E-state index in [1.807, 2.05) is 19.0 Å². The van der Waals surface area contributed by atoms with E-state index in [-0.39, 0.29) is 12.0 Å². The Hall–Kier alpha value is -2.05. The minimum Gasteiger partial charge on any atom is -0.467 e. The van der Waals surface area contributed by atoms with Crippen molar-refractivity contribution in [2.75, 3.05) is 45.1 Å². The van der Waals surface area contributed by atoms with Gasteiger partial charge in [-0.05, 0) is 0 Å². The predicted octanol–water partition coefficient (Wildman–Crippen LogP) is 0.327. The van der Waals surface area contributed by atoms with Gasteiger partial charge in [-0.2, -0.15) is 9.97 Å². The van der Waals surface area contributed by atoms with Gasteiger partial charge in [-0.3, -0.25) is 4.90 Å². The standard InChI is InChI=1S/C10H17N5O2/c1-11-10(16)15(4)8-6-7(14(2)3)12-9(13-8)17-5/h6H,1-5H3,(H,11,16). The fraction of sp³-hybridized carbons (Fsp3) is 0.500. The molecule has 2 amide bonds. The summed E-state index contributed by atoms with van der Waals surface area (Å²) >= 11 is 0. The maximum Gasteiger partial charge on any atom is 0.322 e. The van der Waals surface area contributed by atoms with Crippen LogP contribution in [0.3, 0.4) is 0 Å². The molecule has 0 saturated heterocycles. The lowest BCUT2D eigenvalue weighted by molar-refractivity contribution is 0.249. The van der Waals surface area contributed by atoms with Gasteiger partial charge in [0.05, 0.1) is 7.11 Å². The van der Waals surface area contributed by atoms with Crippen LogP contribution in [0.2, 0.25) is 0 Å². The number of carbonyl (C=O) groups is 1. The molecule has 1 aromatic heterocycles. The van der Waals surface area contributed by atoms with Crippen molar-refractivity contribution in [3.8, 4) is 6.01 Å². The van der Waals surface area contributed by atoms with Gasteiger partial charge >= 0.3 is 12.0 Å². The summed E-state index contributed by atoms with van der Waals surface area (Å²) in [5.74, 6) is 1.14. The molecular formula is C10H17N5O2. The van der Waals surface area contributed by atoms with E-state index in [0.29, 0.717) is 11.6 Å². The van der Waals surface area contributed by atoms with E-state index in [4.69, 9.17) is 4.74 Å². The molecule has 0 unspecified atom stereocenters. The SMILES string of the molecule is CNC(=O)N(C)c1cc(N(C)C)nc(OC)n1. The van der Waals surface area contributed by atoms with Crippen LogP contribution in [0.1, 0.15) is 0 Å². The number of ether oxygens (including phenoxy) is 1. The average molecular weight is 239 g/mol. The lowest BCUT2D eigenvalue weighted by Crippen LogP contribution is -2.35. The van der Waals surface area contributed by atoms with Crippen molar-refractivity contribution in [3.05, 3.63) is 6.07 Å². The average Bonchev–Trinajstić information content (AvgIpc) is 2.36. The first-order valence-corrected chi connectivity index (χ1v) is 5.05. The molecule has 0 aliphatic rings. The lowest BCUT2D eigenvalue weighted by atomic mass is 10.4. The van der Waals surface area contributed by atoms with Crippen molar-refractivity contribution in [1.82, 2.24) is 15.3 Å². The number of anilines is 2. The number of hydrogen-bond donors (Lipinski definition) is 1. The molecule has 0 spiro atoms. The second kappa shape index (κ2) is 5.33. The molecule has 0 aliphatic heterocycles. The van der Waals surface area contributed by atoms with Crippen molar-refractivity contribution < 1.29 is 9.53 Å². The Balaban J connectivity index is 3.14. The van der Waals surface area contributed by atoms with Gasteiger partial charge in [-0.15, -0.1) is 0 Å². The number of urea groups is 1. The normalized spacial score (nSPS) is 9.71. The Morgan fingerprint density at radius 1 is 1.29 bits per heavy atom. The molecule has 7 nitrogen and oxygen atoms in total. The summed E-state index contributed by atoms with van der Waals surface area (Å²) in [5, 5.41) is 2.52. The van der Waals surface area contributed by atoms with E-state index in [1.165, 1.54) is 12.0 Å². The quantitative estimate of drug-likeness (QED) is 0.823. The molecule has 1 rings (SSSR count). The van der Waals surface area contributed by atoms with E-state index < -0.39 is 0 Å². The van der Waals surface area contributed by atoms with Crippen molar-refractivity contribution in [1.29, 1.82) is 0 Å². The van der Waals surface area contributed by atoms with Crippen LogP contribution >= 0.6 is 0 Å². The highest BCUT2D eigenvalue weighted by Crippen LogP contribution is 2.19. The van der Waals surface area contributed by atoms with Crippen LogP contribution in [0.4, 0.5) is 16.4 Å². The first-order chi connectivity index (χ1) is 7.99. The summed E-state index contributed by atoms with van der Waals surface area (Å²) < 4.78 is 5.00. The highest BCUT2D eigenvalue weighted by molar-refractivity contribution is 5.90.